The zero-order valence-electron chi connectivity index (χ0n) is 21.4. The van der Waals surface area contributed by atoms with Crippen molar-refractivity contribution in [3.8, 4) is 0 Å². The molecule has 4 aromatic carbocycles. The van der Waals surface area contributed by atoms with E-state index in [9.17, 15) is 9.59 Å². The van der Waals surface area contributed by atoms with E-state index in [0.717, 1.165) is 27.5 Å². The second-order valence-corrected chi connectivity index (χ2v) is 9.37. The van der Waals surface area contributed by atoms with E-state index in [2.05, 4.69) is 5.32 Å². The van der Waals surface area contributed by atoms with Crippen LogP contribution < -0.4 is 5.32 Å². The average molecular weight is 504 g/mol. The van der Waals surface area contributed by atoms with Gasteiger partial charge in [0.1, 0.15) is 13.2 Å². The smallest absolute Gasteiger partial charge is 0.337 e. The van der Waals surface area contributed by atoms with Gasteiger partial charge in [-0.05, 0) is 41.3 Å². The minimum absolute atomic E-state index is 0.136. The number of carbonyl (C=O) groups excluding carboxylic acids is 2. The molecule has 1 N–H and O–H groups in total. The summed E-state index contributed by atoms with van der Waals surface area (Å²) >= 11 is 0. The Kier molecular flexibility index (Phi) is 7.36. The fraction of sp³-hybridized carbons (Fsp3) is 0.152. The molecule has 5 nitrogen and oxygen atoms in total. The lowest BCUT2D eigenvalue weighted by molar-refractivity contribution is -0.141. The topological polar surface area (TPSA) is 64.6 Å². The molecule has 0 saturated carbocycles. The van der Waals surface area contributed by atoms with Crippen LogP contribution in [0.1, 0.15) is 36.5 Å². The molecule has 0 fully saturated rings. The van der Waals surface area contributed by atoms with E-state index >= 15 is 0 Å². The third kappa shape index (κ3) is 5.37. The number of esters is 2. The summed E-state index contributed by atoms with van der Waals surface area (Å²) in [5, 5.41) is 5.33. The molecule has 0 unspecified atom stereocenters. The molecule has 0 bridgehead atoms. The number of rotatable bonds is 7. The van der Waals surface area contributed by atoms with Gasteiger partial charge in [0.15, 0.2) is 0 Å². The SMILES string of the molecule is CC1=C(C(=O)OCc2ccccc2)C(c2ccc3ccccc3c2)C(C(=O)OCc2ccccc2)=C(C)N1. The van der Waals surface area contributed by atoms with E-state index in [0.29, 0.717) is 22.5 Å². The molecule has 4 aromatic rings. The molecule has 0 saturated heterocycles. The van der Waals surface area contributed by atoms with Crippen LogP contribution in [0.15, 0.2) is 126 Å². The molecule has 190 valence electrons. The second kappa shape index (κ2) is 11.2. The maximum atomic E-state index is 13.6. The van der Waals surface area contributed by atoms with Crippen molar-refractivity contribution in [3.05, 3.63) is 142 Å². The van der Waals surface area contributed by atoms with Crippen molar-refractivity contribution in [3.63, 3.8) is 0 Å². The summed E-state index contributed by atoms with van der Waals surface area (Å²) in [5.41, 5.74) is 4.69. The van der Waals surface area contributed by atoms with Crippen molar-refractivity contribution < 1.29 is 19.1 Å². The van der Waals surface area contributed by atoms with Crippen LogP contribution >= 0.6 is 0 Å². The van der Waals surface area contributed by atoms with Gasteiger partial charge in [0.2, 0.25) is 0 Å². The predicted molar refractivity (Wildman–Crippen MR) is 148 cm³/mol. The van der Waals surface area contributed by atoms with Crippen molar-refractivity contribution in [2.45, 2.75) is 33.0 Å². The number of benzene rings is 4. The summed E-state index contributed by atoms with van der Waals surface area (Å²) in [6.45, 7) is 3.94. The first kappa shape index (κ1) is 25.0. The van der Waals surface area contributed by atoms with E-state index in [4.69, 9.17) is 9.47 Å². The number of hydrogen-bond donors (Lipinski definition) is 1. The number of ether oxygens (including phenoxy) is 2. The minimum Gasteiger partial charge on any atom is -0.457 e. The van der Waals surface area contributed by atoms with Gasteiger partial charge in [-0.1, -0.05) is 103 Å². The third-order valence-electron chi connectivity index (χ3n) is 6.73. The van der Waals surface area contributed by atoms with Gasteiger partial charge in [-0.3, -0.25) is 0 Å². The van der Waals surface area contributed by atoms with Gasteiger partial charge >= 0.3 is 11.9 Å². The molecule has 38 heavy (non-hydrogen) atoms. The van der Waals surface area contributed by atoms with E-state index in [-0.39, 0.29) is 13.2 Å². The van der Waals surface area contributed by atoms with Crippen molar-refractivity contribution in [1.82, 2.24) is 5.32 Å². The van der Waals surface area contributed by atoms with E-state index in [1.807, 2.05) is 117 Å². The molecular formula is C33H29NO4. The number of dihydropyridines is 1. The molecule has 5 rings (SSSR count). The van der Waals surface area contributed by atoms with Crippen molar-refractivity contribution in [1.29, 1.82) is 0 Å². The van der Waals surface area contributed by atoms with Crippen LogP contribution in [-0.2, 0) is 32.3 Å². The highest BCUT2D eigenvalue weighted by atomic mass is 16.5. The fourth-order valence-electron chi connectivity index (χ4n) is 4.86. The predicted octanol–water partition coefficient (Wildman–Crippen LogP) is 6.56. The van der Waals surface area contributed by atoms with Gasteiger partial charge in [0, 0.05) is 11.4 Å². The summed E-state index contributed by atoms with van der Waals surface area (Å²) in [6.07, 6.45) is 0. The van der Waals surface area contributed by atoms with Gasteiger partial charge in [0.25, 0.3) is 0 Å². The summed E-state index contributed by atoms with van der Waals surface area (Å²) in [5.74, 6) is -1.59. The van der Waals surface area contributed by atoms with Gasteiger partial charge in [-0.25, -0.2) is 9.59 Å². The van der Waals surface area contributed by atoms with Crippen LogP contribution in [0.25, 0.3) is 10.8 Å². The lowest BCUT2D eigenvalue weighted by Gasteiger charge is -2.30. The first-order valence-corrected chi connectivity index (χ1v) is 12.6. The van der Waals surface area contributed by atoms with Gasteiger partial charge in [0.05, 0.1) is 17.1 Å². The molecule has 0 spiro atoms. The van der Waals surface area contributed by atoms with Crippen molar-refractivity contribution in [2.75, 3.05) is 0 Å². The molecule has 0 aliphatic carbocycles. The van der Waals surface area contributed by atoms with Crippen LogP contribution in [-0.4, -0.2) is 11.9 Å². The quantitative estimate of drug-likeness (QED) is 0.289. The molecule has 1 heterocycles. The summed E-state index contributed by atoms with van der Waals surface area (Å²) in [7, 11) is 0. The largest absolute Gasteiger partial charge is 0.457 e. The summed E-state index contributed by atoms with van der Waals surface area (Å²) < 4.78 is 11.5. The first-order chi connectivity index (χ1) is 18.5. The van der Waals surface area contributed by atoms with Gasteiger partial charge < -0.3 is 14.8 Å². The highest BCUT2D eigenvalue weighted by Gasteiger charge is 2.38. The molecular weight excluding hydrogens is 474 g/mol. The van der Waals surface area contributed by atoms with E-state index in [1.54, 1.807) is 0 Å². The van der Waals surface area contributed by atoms with E-state index in [1.165, 1.54) is 0 Å². The Labute approximate surface area is 222 Å². The highest BCUT2D eigenvalue weighted by molar-refractivity contribution is 6.00. The Bertz CT molecular complexity index is 1460. The Morgan fingerprint density at radius 3 is 1.63 bits per heavy atom. The van der Waals surface area contributed by atoms with Crippen LogP contribution in [0.2, 0.25) is 0 Å². The normalized spacial score (nSPS) is 13.8. The van der Waals surface area contributed by atoms with Crippen LogP contribution in [0.4, 0.5) is 0 Å². The molecule has 5 heteroatoms. The Morgan fingerprint density at radius 2 is 1.11 bits per heavy atom. The van der Waals surface area contributed by atoms with E-state index < -0.39 is 17.9 Å². The Balaban J connectivity index is 1.51. The zero-order chi connectivity index (χ0) is 26.5. The molecule has 1 aliphatic rings. The Morgan fingerprint density at radius 1 is 0.632 bits per heavy atom. The number of carbonyl (C=O) groups is 2. The van der Waals surface area contributed by atoms with Crippen molar-refractivity contribution in [2.24, 2.45) is 0 Å². The van der Waals surface area contributed by atoms with Gasteiger partial charge in [-0.15, -0.1) is 0 Å². The van der Waals surface area contributed by atoms with Crippen molar-refractivity contribution >= 4 is 22.7 Å². The number of hydrogen-bond acceptors (Lipinski definition) is 5. The standard InChI is InChI=1S/C33H29NO4/c1-22-29(32(35)37-20-24-11-5-3-6-12-24)31(28-18-17-26-15-9-10-16-27(26)19-28)30(23(2)34-22)33(36)38-21-25-13-7-4-8-14-25/h3-19,31,34H,20-21H2,1-2H3. The van der Waals surface area contributed by atoms with Crippen LogP contribution in [0.5, 0.6) is 0 Å². The third-order valence-corrected chi connectivity index (χ3v) is 6.73. The molecule has 0 aromatic heterocycles. The average Bonchev–Trinajstić information content (AvgIpc) is 2.95. The number of allylic oxidation sites excluding steroid dienone is 2. The molecule has 0 atom stereocenters. The van der Waals surface area contributed by atoms with Crippen LogP contribution in [0, 0.1) is 0 Å². The lowest BCUT2D eigenvalue weighted by Crippen LogP contribution is -2.32. The lowest BCUT2D eigenvalue weighted by atomic mass is 9.80. The molecule has 0 amide bonds. The summed E-state index contributed by atoms with van der Waals surface area (Å²) in [4.78, 5) is 27.2. The second-order valence-electron chi connectivity index (χ2n) is 9.37. The summed E-state index contributed by atoms with van der Waals surface area (Å²) in [6, 6.07) is 33.1. The maximum absolute atomic E-state index is 13.6. The Hall–Kier alpha value is -4.64. The van der Waals surface area contributed by atoms with Gasteiger partial charge in [-0.2, -0.15) is 0 Å². The molecule has 0 radical (unpaired) electrons. The maximum Gasteiger partial charge on any atom is 0.337 e. The fourth-order valence-corrected chi connectivity index (χ4v) is 4.86. The number of fused-ring (bicyclic) bond motifs is 1. The first-order valence-electron chi connectivity index (χ1n) is 12.6. The minimum atomic E-state index is -0.646. The number of nitrogens with one attached hydrogen (secondary N) is 1. The monoisotopic (exact) mass is 503 g/mol. The zero-order valence-corrected chi connectivity index (χ0v) is 21.4. The molecule has 1 aliphatic heterocycles. The van der Waals surface area contributed by atoms with Crippen LogP contribution in [0.3, 0.4) is 0 Å². The highest BCUT2D eigenvalue weighted by Crippen LogP contribution is 2.40.